The summed E-state index contributed by atoms with van der Waals surface area (Å²) in [5.74, 6) is 0.621. The largest absolute Gasteiger partial charge is 0.379 e. The highest BCUT2D eigenvalue weighted by Gasteiger charge is 2.21. The second-order valence-electron chi connectivity index (χ2n) is 3.81. The molecule has 1 aliphatic rings. The molecule has 0 aromatic carbocycles. The highest BCUT2D eigenvalue weighted by Crippen LogP contribution is 2.17. The standard InChI is InChI=1S/C10H20O2/c1-4-10(8(2)3)12-9-5-6-11-7-9/h8-10H,4-7H2,1-3H3/t9-,10?/m0/s1. The van der Waals surface area contributed by atoms with Crippen LogP contribution in [0, 0.1) is 5.92 Å². The average Bonchev–Trinajstić information content (AvgIpc) is 2.51. The van der Waals surface area contributed by atoms with Gasteiger partial charge in [-0.15, -0.1) is 0 Å². The van der Waals surface area contributed by atoms with Gasteiger partial charge in [0.15, 0.2) is 0 Å². The molecule has 1 aliphatic heterocycles. The SMILES string of the molecule is CCC(O[C@H]1CCOC1)C(C)C. The maximum absolute atomic E-state index is 5.90. The number of hydrogen-bond donors (Lipinski definition) is 0. The maximum atomic E-state index is 5.90. The molecule has 0 amide bonds. The fourth-order valence-electron chi connectivity index (χ4n) is 1.59. The van der Waals surface area contributed by atoms with Crippen LogP contribution in [0.5, 0.6) is 0 Å². The fraction of sp³-hybridized carbons (Fsp3) is 1.00. The molecule has 0 radical (unpaired) electrons. The molecule has 0 aromatic rings. The van der Waals surface area contributed by atoms with Crippen molar-refractivity contribution >= 4 is 0 Å². The third-order valence-electron chi connectivity index (χ3n) is 2.40. The van der Waals surface area contributed by atoms with Crippen molar-refractivity contribution < 1.29 is 9.47 Å². The first-order chi connectivity index (χ1) is 5.74. The molecule has 1 fully saturated rings. The Morgan fingerprint density at radius 1 is 1.50 bits per heavy atom. The summed E-state index contributed by atoms with van der Waals surface area (Å²) in [6.45, 7) is 8.27. The topological polar surface area (TPSA) is 18.5 Å². The van der Waals surface area contributed by atoms with E-state index >= 15 is 0 Å². The smallest absolute Gasteiger partial charge is 0.0834 e. The van der Waals surface area contributed by atoms with Crippen molar-refractivity contribution in [1.29, 1.82) is 0 Å². The van der Waals surface area contributed by atoms with Crippen LogP contribution in [0.1, 0.15) is 33.6 Å². The lowest BCUT2D eigenvalue weighted by Gasteiger charge is -2.23. The van der Waals surface area contributed by atoms with Crippen LogP contribution in [0.2, 0.25) is 0 Å². The molecule has 2 nitrogen and oxygen atoms in total. The van der Waals surface area contributed by atoms with Crippen LogP contribution in [0.4, 0.5) is 0 Å². The van der Waals surface area contributed by atoms with Crippen molar-refractivity contribution in [2.24, 2.45) is 5.92 Å². The number of ether oxygens (including phenoxy) is 2. The van der Waals surface area contributed by atoms with E-state index in [4.69, 9.17) is 9.47 Å². The minimum absolute atomic E-state index is 0.359. The van der Waals surface area contributed by atoms with Gasteiger partial charge in [0, 0.05) is 6.61 Å². The molecule has 0 aromatic heterocycles. The molecule has 1 heterocycles. The zero-order valence-electron chi connectivity index (χ0n) is 8.38. The van der Waals surface area contributed by atoms with Gasteiger partial charge in [-0.1, -0.05) is 20.8 Å². The molecular formula is C10H20O2. The van der Waals surface area contributed by atoms with E-state index in [1.54, 1.807) is 0 Å². The first kappa shape index (κ1) is 10.0. The lowest BCUT2D eigenvalue weighted by Crippen LogP contribution is -2.26. The molecule has 0 spiro atoms. The Kier molecular flexibility index (Phi) is 4.02. The van der Waals surface area contributed by atoms with E-state index in [0.29, 0.717) is 18.1 Å². The lowest BCUT2D eigenvalue weighted by atomic mass is 10.0. The van der Waals surface area contributed by atoms with E-state index in [1.165, 1.54) is 0 Å². The first-order valence-corrected chi connectivity index (χ1v) is 4.97. The van der Waals surface area contributed by atoms with E-state index in [-0.39, 0.29) is 0 Å². The Bertz CT molecular complexity index is 117. The van der Waals surface area contributed by atoms with Crippen molar-refractivity contribution in [2.75, 3.05) is 13.2 Å². The number of hydrogen-bond acceptors (Lipinski definition) is 2. The van der Waals surface area contributed by atoms with Gasteiger partial charge in [-0.2, -0.15) is 0 Å². The number of rotatable bonds is 4. The van der Waals surface area contributed by atoms with Crippen molar-refractivity contribution in [2.45, 2.75) is 45.8 Å². The summed E-state index contributed by atoms with van der Waals surface area (Å²) in [5.41, 5.74) is 0. The molecule has 0 N–H and O–H groups in total. The monoisotopic (exact) mass is 172 g/mol. The van der Waals surface area contributed by atoms with Gasteiger partial charge < -0.3 is 9.47 Å². The second-order valence-corrected chi connectivity index (χ2v) is 3.81. The highest BCUT2D eigenvalue weighted by molar-refractivity contribution is 4.68. The molecule has 1 unspecified atom stereocenters. The summed E-state index contributed by atoms with van der Waals surface area (Å²) in [6, 6.07) is 0. The molecular weight excluding hydrogens is 152 g/mol. The molecule has 0 saturated carbocycles. The van der Waals surface area contributed by atoms with E-state index < -0.39 is 0 Å². The van der Waals surface area contributed by atoms with E-state index in [0.717, 1.165) is 26.1 Å². The fourth-order valence-corrected chi connectivity index (χ4v) is 1.59. The van der Waals surface area contributed by atoms with Gasteiger partial charge in [-0.05, 0) is 18.8 Å². The molecule has 0 bridgehead atoms. The average molecular weight is 172 g/mol. The van der Waals surface area contributed by atoms with Crippen molar-refractivity contribution in [3.8, 4) is 0 Å². The molecule has 1 rings (SSSR count). The zero-order chi connectivity index (χ0) is 8.97. The summed E-state index contributed by atoms with van der Waals surface area (Å²) in [4.78, 5) is 0. The molecule has 72 valence electrons. The third-order valence-corrected chi connectivity index (χ3v) is 2.40. The molecule has 2 heteroatoms. The van der Waals surface area contributed by atoms with Gasteiger partial charge >= 0.3 is 0 Å². The summed E-state index contributed by atoms with van der Waals surface area (Å²) < 4.78 is 11.2. The van der Waals surface area contributed by atoms with Gasteiger partial charge in [-0.3, -0.25) is 0 Å². The normalized spacial score (nSPS) is 26.5. The van der Waals surface area contributed by atoms with Crippen molar-refractivity contribution in [1.82, 2.24) is 0 Å². The summed E-state index contributed by atoms with van der Waals surface area (Å²) in [5, 5.41) is 0. The second kappa shape index (κ2) is 4.83. The van der Waals surface area contributed by atoms with Gasteiger partial charge in [0.1, 0.15) is 0 Å². The summed E-state index contributed by atoms with van der Waals surface area (Å²) >= 11 is 0. The Morgan fingerprint density at radius 3 is 2.67 bits per heavy atom. The first-order valence-electron chi connectivity index (χ1n) is 4.97. The zero-order valence-corrected chi connectivity index (χ0v) is 8.38. The van der Waals surface area contributed by atoms with Crippen LogP contribution in [0.25, 0.3) is 0 Å². The van der Waals surface area contributed by atoms with Gasteiger partial charge in [-0.25, -0.2) is 0 Å². The quantitative estimate of drug-likeness (QED) is 0.647. The van der Waals surface area contributed by atoms with Gasteiger partial charge in [0.25, 0.3) is 0 Å². The van der Waals surface area contributed by atoms with E-state index in [9.17, 15) is 0 Å². The van der Waals surface area contributed by atoms with Crippen LogP contribution in [0.3, 0.4) is 0 Å². The van der Waals surface area contributed by atoms with Crippen molar-refractivity contribution in [3.63, 3.8) is 0 Å². The van der Waals surface area contributed by atoms with Crippen LogP contribution in [-0.4, -0.2) is 25.4 Å². The van der Waals surface area contributed by atoms with Crippen molar-refractivity contribution in [3.05, 3.63) is 0 Å². The highest BCUT2D eigenvalue weighted by atomic mass is 16.5. The Hall–Kier alpha value is -0.0800. The van der Waals surface area contributed by atoms with E-state index in [1.807, 2.05) is 0 Å². The molecule has 1 saturated heterocycles. The molecule has 12 heavy (non-hydrogen) atoms. The summed E-state index contributed by atoms with van der Waals surface area (Å²) in [6.07, 6.45) is 2.95. The lowest BCUT2D eigenvalue weighted by molar-refractivity contribution is -0.0391. The predicted molar refractivity (Wildman–Crippen MR) is 49.2 cm³/mol. The predicted octanol–water partition coefficient (Wildman–Crippen LogP) is 2.23. The molecule has 0 aliphatic carbocycles. The van der Waals surface area contributed by atoms with Crippen LogP contribution in [-0.2, 0) is 9.47 Å². The minimum Gasteiger partial charge on any atom is -0.379 e. The van der Waals surface area contributed by atoms with Crippen LogP contribution < -0.4 is 0 Å². The third kappa shape index (κ3) is 2.76. The minimum atomic E-state index is 0.359. The molecule has 2 atom stereocenters. The van der Waals surface area contributed by atoms with Crippen LogP contribution >= 0.6 is 0 Å². The van der Waals surface area contributed by atoms with Gasteiger partial charge in [0.2, 0.25) is 0 Å². The van der Waals surface area contributed by atoms with Gasteiger partial charge in [0.05, 0.1) is 18.8 Å². The summed E-state index contributed by atoms with van der Waals surface area (Å²) in [7, 11) is 0. The van der Waals surface area contributed by atoms with E-state index in [2.05, 4.69) is 20.8 Å². The Labute approximate surface area is 75.2 Å². The van der Waals surface area contributed by atoms with Crippen LogP contribution in [0.15, 0.2) is 0 Å². The maximum Gasteiger partial charge on any atom is 0.0834 e. The Balaban J connectivity index is 2.26. The Morgan fingerprint density at radius 2 is 2.25 bits per heavy atom.